The van der Waals surface area contributed by atoms with Crippen molar-refractivity contribution in [2.24, 2.45) is 5.92 Å². The van der Waals surface area contributed by atoms with Gasteiger partial charge in [0.25, 0.3) is 11.8 Å². The molecule has 4 aromatic rings. The second kappa shape index (κ2) is 7.76. The molecule has 5 rings (SSSR count). The average Bonchev–Trinajstić information content (AvgIpc) is 3.29. The number of fused-ring (bicyclic) bond motifs is 1. The van der Waals surface area contributed by atoms with Gasteiger partial charge in [-0.1, -0.05) is 18.1 Å². The Morgan fingerprint density at radius 3 is 2.65 bits per heavy atom. The highest BCUT2D eigenvalue weighted by Crippen LogP contribution is 2.27. The molecule has 0 atom stereocenters. The van der Waals surface area contributed by atoms with Gasteiger partial charge >= 0.3 is 0 Å². The van der Waals surface area contributed by atoms with Crippen LogP contribution < -0.4 is 10.6 Å². The van der Waals surface area contributed by atoms with E-state index in [1.165, 1.54) is 0 Å². The minimum Gasteiger partial charge on any atom is -0.331 e. The Morgan fingerprint density at radius 2 is 1.84 bits per heavy atom. The summed E-state index contributed by atoms with van der Waals surface area (Å²) in [5.41, 5.74) is 2.18. The van der Waals surface area contributed by atoms with Crippen molar-refractivity contribution in [1.82, 2.24) is 24.9 Å². The number of carbonyl (C=O) groups is 2. The number of nitrogens with one attached hydrogen (secondary N) is 4. The van der Waals surface area contributed by atoms with Gasteiger partial charge in [-0.2, -0.15) is 0 Å². The first-order chi connectivity index (χ1) is 15.2. The summed E-state index contributed by atoms with van der Waals surface area (Å²) in [6, 6.07) is 10.3. The quantitative estimate of drug-likeness (QED) is 0.384. The molecule has 152 valence electrons. The van der Waals surface area contributed by atoms with Crippen molar-refractivity contribution < 1.29 is 9.59 Å². The molecule has 1 aliphatic carbocycles. The van der Waals surface area contributed by atoms with Crippen LogP contribution in [0.3, 0.4) is 0 Å². The molecule has 0 saturated heterocycles. The average molecular weight is 411 g/mol. The van der Waals surface area contributed by atoms with Crippen LogP contribution >= 0.6 is 0 Å². The van der Waals surface area contributed by atoms with E-state index in [0.29, 0.717) is 34.2 Å². The standard InChI is InChI=1S/C22H17N7O2/c30-19(28-21-23-11-12-24-21)15-4-2-5-16-18(15)27-22(26-16)29-20(31)17-6-1-3-14(25-17)10-9-13-7-8-13/h1-6,11-13H,7-8H2,(H2,23,24,28,30)(H2,26,27,29,31). The van der Waals surface area contributed by atoms with Gasteiger partial charge in [-0.25, -0.2) is 15.0 Å². The van der Waals surface area contributed by atoms with E-state index < -0.39 is 5.91 Å². The molecule has 3 heterocycles. The molecule has 9 nitrogen and oxygen atoms in total. The number of benzene rings is 1. The lowest BCUT2D eigenvalue weighted by atomic mass is 10.2. The molecule has 0 aliphatic heterocycles. The summed E-state index contributed by atoms with van der Waals surface area (Å²) in [5, 5.41) is 5.36. The Bertz CT molecular complexity index is 1340. The zero-order valence-corrected chi connectivity index (χ0v) is 16.3. The number of hydrogen-bond acceptors (Lipinski definition) is 5. The predicted molar refractivity (Wildman–Crippen MR) is 114 cm³/mol. The first-order valence-electron chi connectivity index (χ1n) is 9.75. The van der Waals surface area contributed by atoms with Crippen LogP contribution in [0.5, 0.6) is 0 Å². The Hall–Kier alpha value is -4.45. The van der Waals surface area contributed by atoms with Gasteiger partial charge in [-0.05, 0) is 43.0 Å². The molecule has 0 unspecified atom stereocenters. The molecule has 31 heavy (non-hydrogen) atoms. The molecule has 0 spiro atoms. The number of imidazole rings is 2. The van der Waals surface area contributed by atoms with E-state index in [4.69, 9.17) is 0 Å². The van der Waals surface area contributed by atoms with Crippen LogP contribution in [0.4, 0.5) is 11.9 Å². The van der Waals surface area contributed by atoms with Gasteiger partial charge in [0.15, 0.2) is 0 Å². The SMILES string of the molecule is O=C(Nc1nc2c(C(=O)Nc3ncc[nH]3)cccc2[nH]1)c1cccc(C#CC2CC2)n1. The number of para-hydroxylation sites is 1. The van der Waals surface area contributed by atoms with Gasteiger partial charge in [0, 0.05) is 18.3 Å². The maximum absolute atomic E-state index is 12.7. The number of nitrogens with zero attached hydrogens (tertiary/aromatic N) is 3. The molecule has 4 N–H and O–H groups in total. The maximum atomic E-state index is 12.7. The maximum Gasteiger partial charge on any atom is 0.276 e. The van der Waals surface area contributed by atoms with Crippen molar-refractivity contribution in [3.63, 3.8) is 0 Å². The lowest BCUT2D eigenvalue weighted by Gasteiger charge is -2.02. The van der Waals surface area contributed by atoms with Gasteiger partial charge in [-0.3, -0.25) is 20.2 Å². The lowest BCUT2D eigenvalue weighted by Crippen LogP contribution is -2.15. The second-order valence-corrected chi connectivity index (χ2v) is 7.08. The Morgan fingerprint density at radius 1 is 1.00 bits per heavy atom. The third-order valence-electron chi connectivity index (χ3n) is 4.68. The van der Waals surface area contributed by atoms with Crippen LogP contribution in [0.1, 0.15) is 39.4 Å². The van der Waals surface area contributed by atoms with Gasteiger partial charge in [0.05, 0.1) is 11.1 Å². The third-order valence-corrected chi connectivity index (χ3v) is 4.68. The number of anilines is 2. The van der Waals surface area contributed by atoms with Crippen LogP contribution in [0, 0.1) is 17.8 Å². The van der Waals surface area contributed by atoms with Crippen LogP contribution in [-0.2, 0) is 0 Å². The van der Waals surface area contributed by atoms with E-state index in [2.05, 4.69) is 47.4 Å². The number of aromatic amines is 2. The number of pyridine rings is 1. The molecule has 9 heteroatoms. The first-order valence-corrected chi connectivity index (χ1v) is 9.75. The first kappa shape index (κ1) is 18.6. The Kier molecular flexibility index (Phi) is 4.65. The van der Waals surface area contributed by atoms with Crippen LogP contribution in [0.15, 0.2) is 48.8 Å². The van der Waals surface area contributed by atoms with Gasteiger partial charge in [0.1, 0.15) is 16.9 Å². The van der Waals surface area contributed by atoms with E-state index in [9.17, 15) is 9.59 Å². The summed E-state index contributed by atoms with van der Waals surface area (Å²) >= 11 is 0. The van der Waals surface area contributed by atoms with E-state index >= 15 is 0 Å². The summed E-state index contributed by atoms with van der Waals surface area (Å²) in [6.07, 6.45) is 5.40. The number of aromatic nitrogens is 5. The lowest BCUT2D eigenvalue weighted by molar-refractivity contribution is 0.101. The molecule has 1 aromatic carbocycles. The number of rotatable bonds is 4. The predicted octanol–water partition coefficient (Wildman–Crippen LogP) is 2.95. The Balaban J connectivity index is 1.36. The van der Waals surface area contributed by atoms with Crippen molar-refractivity contribution in [3.8, 4) is 11.8 Å². The number of hydrogen-bond donors (Lipinski definition) is 4. The number of H-pyrrole nitrogens is 2. The van der Waals surface area contributed by atoms with Crippen LogP contribution in [0.25, 0.3) is 11.0 Å². The second-order valence-electron chi connectivity index (χ2n) is 7.08. The molecule has 1 fully saturated rings. The largest absolute Gasteiger partial charge is 0.331 e. The van der Waals surface area contributed by atoms with Crippen LogP contribution in [-0.4, -0.2) is 36.7 Å². The molecule has 1 aliphatic rings. The monoisotopic (exact) mass is 411 g/mol. The van der Waals surface area contributed by atoms with Gasteiger partial charge in [0.2, 0.25) is 11.9 Å². The van der Waals surface area contributed by atoms with Crippen molar-refractivity contribution >= 4 is 34.7 Å². The summed E-state index contributed by atoms with van der Waals surface area (Å²) in [5.74, 6) is 6.36. The Labute approximate surface area is 176 Å². The van der Waals surface area contributed by atoms with Crippen molar-refractivity contribution in [2.45, 2.75) is 12.8 Å². The molecule has 1 saturated carbocycles. The van der Waals surface area contributed by atoms with Crippen molar-refractivity contribution in [2.75, 3.05) is 10.6 Å². The van der Waals surface area contributed by atoms with E-state index in [1.54, 1.807) is 48.8 Å². The number of carbonyl (C=O) groups excluding carboxylic acids is 2. The fourth-order valence-corrected chi connectivity index (χ4v) is 2.99. The third kappa shape index (κ3) is 4.13. The van der Waals surface area contributed by atoms with E-state index in [-0.39, 0.29) is 17.5 Å². The fraction of sp³-hybridized carbons (Fsp3) is 0.136. The highest BCUT2D eigenvalue weighted by atomic mass is 16.2. The molecule has 3 aromatic heterocycles. The zero-order valence-electron chi connectivity index (χ0n) is 16.3. The summed E-state index contributed by atoms with van der Waals surface area (Å²) < 4.78 is 0. The van der Waals surface area contributed by atoms with E-state index in [1.807, 2.05) is 0 Å². The topological polar surface area (TPSA) is 128 Å². The minimum absolute atomic E-state index is 0.217. The highest BCUT2D eigenvalue weighted by Gasteiger charge is 2.18. The molecular weight excluding hydrogens is 394 g/mol. The van der Waals surface area contributed by atoms with Crippen LogP contribution in [0.2, 0.25) is 0 Å². The van der Waals surface area contributed by atoms with Crippen molar-refractivity contribution in [3.05, 3.63) is 65.7 Å². The smallest absolute Gasteiger partial charge is 0.276 e. The molecular formula is C22H17N7O2. The van der Waals surface area contributed by atoms with Gasteiger partial charge in [-0.15, -0.1) is 0 Å². The summed E-state index contributed by atoms with van der Waals surface area (Å²) in [7, 11) is 0. The highest BCUT2D eigenvalue weighted by molar-refractivity contribution is 6.11. The molecule has 2 amide bonds. The normalized spacial score (nSPS) is 12.8. The summed E-state index contributed by atoms with van der Waals surface area (Å²) in [6.45, 7) is 0. The molecule has 0 bridgehead atoms. The fourth-order valence-electron chi connectivity index (χ4n) is 2.99. The van der Waals surface area contributed by atoms with Crippen molar-refractivity contribution in [1.29, 1.82) is 0 Å². The van der Waals surface area contributed by atoms with Gasteiger partial charge < -0.3 is 9.97 Å². The van der Waals surface area contributed by atoms with E-state index in [0.717, 1.165) is 12.8 Å². The zero-order chi connectivity index (χ0) is 21.2. The summed E-state index contributed by atoms with van der Waals surface area (Å²) in [4.78, 5) is 43.7. The molecule has 0 radical (unpaired) electrons. The minimum atomic E-state index is -0.421. The number of amides is 2.